The molecule has 0 spiro atoms. The molecule has 3 N–H and O–H groups in total. The van der Waals surface area contributed by atoms with Crippen LogP contribution in [0.3, 0.4) is 0 Å². The van der Waals surface area contributed by atoms with Gasteiger partial charge in [-0.25, -0.2) is 4.98 Å². The predicted molar refractivity (Wildman–Crippen MR) is 53.5 cm³/mol. The van der Waals surface area contributed by atoms with Crippen LogP contribution in [0, 0.1) is 0 Å². The fourth-order valence-electron chi connectivity index (χ4n) is 1.04. The van der Waals surface area contributed by atoms with Crippen LogP contribution < -0.4 is 11.1 Å². The van der Waals surface area contributed by atoms with E-state index in [1.165, 1.54) is 0 Å². The zero-order valence-electron chi connectivity index (χ0n) is 14.9. The highest BCUT2D eigenvalue weighted by molar-refractivity contribution is 5.30. The maximum absolute atomic E-state index is 8.40. The van der Waals surface area contributed by atoms with Crippen molar-refractivity contribution in [1.82, 2.24) is 10.3 Å². The topological polar surface area (TPSA) is 50.9 Å². The normalized spacial score (nSPS) is 37.8. The Morgan fingerprint density at radius 2 is 2.38 bits per heavy atom. The minimum Gasteiger partial charge on any atom is -0.384 e. The Labute approximate surface area is 89.6 Å². The lowest BCUT2D eigenvalue weighted by Gasteiger charge is -2.22. The van der Waals surface area contributed by atoms with Gasteiger partial charge in [0, 0.05) is 18.4 Å². The monoisotopic (exact) mass is 185 g/mol. The van der Waals surface area contributed by atoms with Gasteiger partial charge in [-0.3, -0.25) is 0 Å². The Morgan fingerprint density at radius 3 is 3.15 bits per heavy atom. The molecule has 13 heavy (non-hydrogen) atoms. The van der Waals surface area contributed by atoms with Crippen LogP contribution in [0.15, 0.2) is 18.1 Å². The molecule has 1 aromatic heterocycles. The van der Waals surface area contributed by atoms with E-state index >= 15 is 0 Å². The number of rotatable bonds is 1. The van der Waals surface area contributed by atoms with Crippen LogP contribution in [0.25, 0.3) is 0 Å². The first kappa shape index (κ1) is 3.24. The molecule has 2 heterocycles. The van der Waals surface area contributed by atoms with E-state index in [2.05, 4.69) is 10.3 Å². The zero-order chi connectivity index (χ0) is 16.2. The van der Waals surface area contributed by atoms with Crippen LogP contribution in [0.5, 0.6) is 0 Å². The zero-order valence-corrected chi connectivity index (χ0v) is 6.94. The summed E-state index contributed by atoms with van der Waals surface area (Å²) in [4.78, 5) is 3.71. The second-order valence-corrected chi connectivity index (χ2v) is 2.55. The summed E-state index contributed by atoms with van der Waals surface area (Å²) in [6, 6.07) is -1.71. The summed E-state index contributed by atoms with van der Waals surface area (Å²) in [5.74, 6) is -2.91. The lowest BCUT2D eigenvalue weighted by Crippen LogP contribution is -2.27. The summed E-state index contributed by atoms with van der Waals surface area (Å²) in [7, 11) is 0. The molecular formula is C10H15N3. The molecule has 0 bridgehead atoms. The number of nitrogens with two attached hydrogens (primary N) is 1. The van der Waals surface area contributed by atoms with Gasteiger partial charge in [0.15, 0.2) is 0 Å². The molecule has 0 radical (unpaired) electrons. The fraction of sp³-hybridized carbons (Fsp3) is 0.500. The molecule has 0 aromatic carbocycles. The van der Waals surface area contributed by atoms with E-state index in [0.29, 0.717) is 0 Å². The molecule has 70 valence electrons. The number of hydrogen-bond donors (Lipinski definition) is 2. The van der Waals surface area contributed by atoms with Crippen molar-refractivity contribution in [2.75, 3.05) is 18.8 Å². The summed E-state index contributed by atoms with van der Waals surface area (Å²) in [6.45, 7) is -0.569. The second kappa shape index (κ2) is 3.75. The van der Waals surface area contributed by atoms with Crippen LogP contribution in [-0.2, 0) is 0 Å². The number of nitrogen functional groups attached to an aromatic ring is 1. The molecule has 2 rings (SSSR count). The number of nitrogens with zero attached hydrogens (tertiary/aromatic N) is 1. The van der Waals surface area contributed by atoms with Crippen molar-refractivity contribution >= 4 is 5.82 Å². The van der Waals surface area contributed by atoms with E-state index in [1.54, 1.807) is 0 Å². The van der Waals surface area contributed by atoms with Gasteiger partial charge in [-0.15, -0.1) is 0 Å². The minimum atomic E-state index is -2.50. The quantitative estimate of drug-likeness (QED) is 0.689. The Kier molecular flexibility index (Phi) is 0.935. The number of anilines is 1. The highest BCUT2D eigenvalue weighted by Gasteiger charge is 2.15. The van der Waals surface area contributed by atoms with Crippen molar-refractivity contribution in [2.45, 2.75) is 18.6 Å². The van der Waals surface area contributed by atoms with E-state index in [-0.39, 0.29) is 13.1 Å². The van der Waals surface area contributed by atoms with E-state index in [9.17, 15) is 0 Å². The average Bonchev–Trinajstić information content (AvgIpc) is 2.37. The lowest BCUT2D eigenvalue weighted by atomic mass is 9.94. The van der Waals surface area contributed by atoms with Gasteiger partial charge < -0.3 is 11.1 Å². The van der Waals surface area contributed by atoms with Crippen molar-refractivity contribution in [3.8, 4) is 0 Å². The summed E-state index contributed by atoms with van der Waals surface area (Å²) >= 11 is 0. The van der Waals surface area contributed by atoms with Gasteiger partial charge in [0.25, 0.3) is 0 Å². The molecule has 3 heteroatoms. The Balaban J connectivity index is 2.78. The first-order valence-electron chi connectivity index (χ1n) is 7.90. The Bertz CT molecular complexity index is 572. The lowest BCUT2D eigenvalue weighted by molar-refractivity contribution is 0.453. The Hall–Kier alpha value is -1.09. The van der Waals surface area contributed by atoms with Crippen molar-refractivity contribution in [3.05, 3.63) is 23.8 Å². The largest absolute Gasteiger partial charge is 0.384 e. The van der Waals surface area contributed by atoms with Crippen LogP contribution in [0.2, 0.25) is 0 Å². The minimum absolute atomic E-state index is 0.285. The molecule has 0 saturated carbocycles. The third kappa shape index (κ3) is 1.98. The van der Waals surface area contributed by atoms with E-state index in [1.807, 2.05) is 0 Å². The van der Waals surface area contributed by atoms with Gasteiger partial charge in [-0.2, -0.15) is 0 Å². The summed E-state index contributed by atoms with van der Waals surface area (Å²) in [6.07, 6.45) is -4.72. The number of nitrogens with one attached hydrogen (secondary N) is 1. The second-order valence-electron chi connectivity index (χ2n) is 2.55. The summed E-state index contributed by atoms with van der Waals surface area (Å²) in [5.41, 5.74) is 4.94. The molecule has 1 aliphatic heterocycles. The van der Waals surface area contributed by atoms with E-state index < -0.39 is 48.3 Å². The number of pyridine rings is 1. The molecule has 1 saturated heterocycles. The van der Waals surface area contributed by atoms with E-state index in [4.69, 9.17) is 16.7 Å². The standard InChI is InChI=1S/C10H15N3/c11-10-3-1-2-9(13-10)8-4-6-12-7-5-8/h1-3,8,12H,4-7H2,(H2,11,13)/i1D,2D,3D,4D2,5D2,8D. The molecule has 3 nitrogen and oxygen atoms in total. The van der Waals surface area contributed by atoms with Crippen molar-refractivity contribution in [1.29, 1.82) is 0 Å². The molecule has 1 fully saturated rings. The van der Waals surface area contributed by atoms with Crippen LogP contribution >= 0.6 is 0 Å². The van der Waals surface area contributed by atoms with Crippen LogP contribution in [0.1, 0.15) is 35.3 Å². The van der Waals surface area contributed by atoms with Crippen LogP contribution in [0.4, 0.5) is 5.82 Å². The SMILES string of the molecule is [2H]c1c(N)nc(C2([2H])C([2H])([2H])CNCC2([2H])[2H])c([2H])c1[2H]. The molecule has 0 amide bonds. The van der Waals surface area contributed by atoms with Gasteiger partial charge in [0.1, 0.15) is 5.82 Å². The van der Waals surface area contributed by atoms with Crippen molar-refractivity contribution in [3.63, 3.8) is 0 Å². The fourth-order valence-corrected chi connectivity index (χ4v) is 1.04. The maximum atomic E-state index is 8.40. The summed E-state index contributed by atoms with van der Waals surface area (Å²) in [5, 5.41) is 2.58. The highest BCUT2D eigenvalue weighted by Crippen LogP contribution is 2.23. The van der Waals surface area contributed by atoms with Crippen molar-refractivity contribution in [2.24, 2.45) is 0 Å². The molecule has 1 aromatic rings. The maximum Gasteiger partial charge on any atom is 0.123 e. The molecule has 1 aliphatic rings. The van der Waals surface area contributed by atoms with Gasteiger partial charge in [0.2, 0.25) is 0 Å². The van der Waals surface area contributed by atoms with Gasteiger partial charge in [-0.1, -0.05) is 6.04 Å². The van der Waals surface area contributed by atoms with Gasteiger partial charge in [-0.05, 0) is 37.9 Å². The third-order valence-corrected chi connectivity index (χ3v) is 1.62. The first-order valence-corrected chi connectivity index (χ1v) is 3.90. The third-order valence-electron chi connectivity index (χ3n) is 1.62. The molecule has 0 atom stereocenters. The number of hydrogen-bond acceptors (Lipinski definition) is 3. The average molecular weight is 185 g/mol. The van der Waals surface area contributed by atoms with Gasteiger partial charge in [0.05, 0.1) is 4.11 Å². The summed E-state index contributed by atoms with van der Waals surface area (Å²) < 4.78 is 63.3. The molecule has 0 unspecified atom stereocenters. The van der Waals surface area contributed by atoms with Gasteiger partial charge >= 0.3 is 0 Å². The Morgan fingerprint density at radius 1 is 1.62 bits per heavy atom. The van der Waals surface area contributed by atoms with Crippen LogP contribution in [-0.4, -0.2) is 18.1 Å². The smallest absolute Gasteiger partial charge is 0.123 e. The number of aromatic nitrogens is 1. The van der Waals surface area contributed by atoms with Crippen molar-refractivity contribution < 1.29 is 11.0 Å². The number of piperidine rings is 1. The molecular weight excluding hydrogens is 162 g/mol. The predicted octanol–water partition coefficient (Wildman–Crippen LogP) is 1.13. The van der Waals surface area contributed by atoms with E-state index in [0.717, 1.165) is 0 Å². The first-order chi connectivity index (χ1) is 9.46. The molecule has 0 aliphatic carbocycles. The highest BCUT2D eigenvalue weighted by atomic mass is 14.9.